The summed E-state index contributed by atoms with van der Waals surface area (Å²) in [6.07, 6.45) is 7.78. The van der Waals surface area contributed by atoms with Crippen molar-refractivity contribution < 1.29 is 9.90 Å². The third-order valence-corrected chi connectivity index (χ3v) is 6.84. The first-order valence-corrected chi connectivity index (χ1v) is 12.3. The normalized spacial score (nSPS) is 15.3. The summed E-state index contributed by atoms with van der Waals surface area (Å²) in [4.78, 5) is 16.0. The van der Waals surface area contributed by atoms with Crippen LogP contribution in [-0.4, -0.2) is 46.2 Å². The minimum Gasteiger partial charge on any atom is -0.483 e. The molecule has 0 aliphatic carbocycles. The number of thioether (sulfide) groups is 1. The summed E-state index contributed by atoms with van der Waals surface area (Å²) in [5.74, 6) is 2.44. The number of rotatable bonds is 7. The second-order valence-corrected chi connectivity index (χ2v) is 9.03. The predicted molar refractivity (Wildman–Crippen MR) is 131 cm³/mol. The number of carboxylic acid groups (broad SMARTS) is 1. The summed E-state index contributed by atoms with van der Waals surface area (Å²) in [7, 11) is 2.22. The number of benzene rings is 2. The topological polar surface area (TPSA) is 58.4 Å². The zero-order valence-corrected chi connectivity index (χ0v) is 19.6. The molecule has 0 saturated heterocycles. The predicted octanol–water partition coefficient (Wildman–Crippen LogP) is 5.05. The Labute approximate surface area is 189 Å². The van der Waals surface area contributed by atoms with Gasteiger partial charge in [-0.1, -0.05) is 30.3 Å². The third kappa shape index (κ3) is 5.42. The molecule has 1 N–H and O–H groups in total. The third-order valence-electron chi connectivity index (χ3n) is 6.14. The van der Waals surface area contributed by atoms with Gasteiger partial charge >= 0.3 is 0 Å². The van der Waals surface area contributed by atoms with Crippen molar-refractivity contribution in [2.24, 2.45) is 0 Å². The number of hydrogen-bond donors (Lipinski definition) is 1. The van der Waals surface area contributed by atoms with Crippen molar-refractivity contribution in [3.8, 4) is 0 Å². The molecule has 4 rings (SSSR count). The molecule has 0 fully saturated rings. The molecule has 0 amide bonds. The zero-order valence-electron chi connectivity index (χ0n) is 18.8. The van der Waals surface area contributed by atoms with Gasteiger partial charge in [0.25, 0.3) is 6.47 Å². The van der Waals surface area contributed by atoms with Crippen LogP contribution < -0.4 is 4.90 Å². The summed E-state index contributed by atoms with van der Waals surface area (Å²) in [6.45, 7) is 3.13. The number of carbonyl (C=O) groups is 1. The second kappa shape index (κ2) is 11.2. The maximum Gasteiger partial charge on any atom is 0.290 e. The fourth-order valence-electron chi connectivity index (χ4n) is 4.35. The van der Waals surface area contributed by atoms with Crippen LogP contribution in [0.25, 0.3) is 11.0 Å². The average molecular weight is 440 g/mol. The first-order valence-electron chi connectivity index (χ1n) is 10.9. The van der Waals surface area contributed by atoms with Crippen LogP contribution in [-0.2, 0) is 30.6 Å². The van der Waals surface area contributed by atoms with E-state index in [9.17, 15) is 0 Å². The number of anilines is 1. The van der Waals surface area contributed by atoms with Crippen molar-refractivity contribution in [3.05, 3.63) is 59.4 Å². The molecule has 1 unspecified atom stereocenters. The Morgan fingerprint density at radius 1 is 1.19 bits per heavy atom. The summed E-state index contributed by atoms with van der Waals surface area (Å²) >= 11 is 1.93. The molecule has 0 radical (unpaired) electrons. The van der Waals surface area contributed by atoms with E-state index in [0.29, 0.717) is 6.04 Å². The molecular formula is C25H33N3O2S. The van der Waals surface area contributed by atoms with Crippen molar-refractivity contribution >= 4 is 35.0 Å². The van der Waals surface area contributed by atoms with Crippen LogP contribution in [0.4, 0.5) is 5.69 Å². The average Bonchev–Trinajstić information content (AvgIpc) is 3.14. The molecule has 166 valence electrons. The van der Waals surface area contributed by atoms with E-state index in [4.69, 9.17) is 14.9 Å². The van der Waals surface area contributed by atoms with Crippen molar-refractivity contribution in [3.63, 3.8) is 0 Å². The number of imidazole rings is 1. The maximum atomic E-state index is 8.36. The summed E-state index contributed by atoms with van der Waals surface area (Å²) in [5, 5.41) is 6.89. The fraction of sp³-hybridized carbons (Fsp3) is 0.440. The number of nitrogens with zero attached hydrogens (tertiary/aromatic N) is 3. The van der Waals surface area contributed by atoms with Crippen LogP contribution in [0.15, 0.2) is 42.5 Å². The molecule has 2 heterocycles. The van der Waals surface area contributed by atoms with Gasteiger partial charge in [-0.25, -0.2) is 4.98 Å². The first kappa shape index (κ1) is 23.2. The Hall–Kier alpha value is -2.47. The summed E-state index contributed by atoms with van der Waals surface area (Å²) < 4.78 is 2.49. The lowest BCUT2D eigenvalue weighted by Crippen LogP contribution is -2.33. The lowest BCUT2D eigenvalue weighted by Gasteiger charge is -2.33. The zero-order chi connectivity index (χ0) is 22.2. The molecule has 0 bridgehead atoms. The minimum absolute atomic E-state index is 0.250. The maximum absolute atomic E-state index is 8.36. The molecule has 1 aliphatic heterocycles. The van der Waals surface area contributed by atoms with Gasteiger partial charge in [0.1, 0.15) is 5.82 Å². The van der Waals surface area contributed by atoms with Crippen molar-refractivity contribution in [1.82, 2.24) is 9.55 Å². The van der Waals surface area contributed by atoms with Gasteiger partial charge < -0.3 is 14.6 Å². The van der Waals surface area contributed by atoms with Crippen LogP contribution in [0, 0.1) is 0 Å². The van der Waals surface area contributed by atoms with E-state index in [1.165, 1.54) is 52.3 Å². The highest BCUT2D eigenvalue weighted by Gasteiger charge is 2.24. The van der Waals surface area contributed by atoms with Gasteiger partial charge in [0.15, 0.2) is 0 Å². The van der Waals surface area contributed by atoms with Gasteiger partial charge in [-0.05, 0) is 62.3 Å². The molecule has 2 aromatic carbocycles. The highest BCUT2D eigenvalue weighted by atomic mass is 32.2. The van der Waals surface area contributed by atoms with Crippen LogP contribution in [0.5, 0.6) is 0 Å². The quantitative estimate of drug-likeness (QED) is 0.413. The Morgan fingerprint density at radius 2 is 1.94 bits per heavy atom. The van der Waals surface area contributed by atoms with Crippen LogP contribution in [0.1, 0.15) is 36.7 Å². The molecular weight excluding hydrogens is 406 g/mol. The number of aryl methyl sites for hydroxylation is 4. The van der Waals surface area contributed by atoms with Crippen LogP contribution in [0.2, 0.25) is 0 Å². The molecule has 3 aromatic rings. The van der Waals surface area contributed by atoms with Gasteiger partial charge in [0.05, 0.1) is 11.0 Å². The standard InChI is InChI=1S/C24H31N3S.CH2O2/c1-18-10-12-20-21(26(18)2)13-14-22-24(20)25-23(27(22)16-7-17-28-3)15-11-19-8-5-4-6-9-19;2-1-3/h4-6,8-9,13-14,18H,7,10-12,15-17H2,1-3H3;1H,(H,2,3). The number of aromatic nitrogens is 2. The lowest BCUT2D eigenvalue weighted by atomic mass is 9.96. The van der Waals surface area contributed by atoms with E-state index in [0.717, 1.165) is 25.8 Å². The first-order chi connectivity index (χ1) is 15.1. The van der Waals surface area contributed by atoms with Gasteiger partial charge in [-0.2, -0.15) is 11.8 Å². The molecule has 0 spiro atoms. The Balaban J connectivity index is 0.000000858. The largest absolute Gasteiger partial charge is 0.483 e. The van der Waals surface area contributed by atoms with E-state index in [1.807, 2.05) is 11.8 Å². The smallest absolute Gasteiger partial charge is 0.290 e. The van der Waals surface area contributed by atoms with E-state index >= 15 is 0 Å². The molecule has 1 aromatic heterocycles. The molecule has 5 nitrogen and oxygen atoms in total. The van der Waals surface area contributed by atoms with Crippen LogP contribution in [0.3, 0.4) is 0 Å². The second-order valence-electron chi connectivity index (χ2n) is 8.05. The molecule has 1 aliphatic rings. The summed E-state index contributed by atoms with van der Waals surface area (Å²) in [5.41, 5.74) is 6.77. The number of hydrogen-bond acceptors (Lipinski definition) is 4. The lowest BCUT2D eigenvalue weighted by molar-refractivity contribution is -0.122. The molecule has 6 heteroatoms. The molecule has 0 saturated carbocycles. The SMILES string of the molecule is CSCCCn1c(CCc2ccccc2)nc2c3c(ccc21)N(C)C(C)CC3.O=CO. The van der Waals surface area contributed by atoms with Crippen LogP contribution >= 0.6 is 11.8 Å². The van der Waals surface area contributed by atoms with Crippen molar-refractivity contribution in [1.29, 1.82) is 0 Å². The number of fused-ring (bicyclic) bond motifs is 3. The van der Waals surface area contributed by atoms with E-state index < -0.39 is 0 Å². The summed E-state index contributed by atoms with van der Waals surface area (Å²) in [6, 6.07) is 16.0. The molecule has 31 heavy (non-hydrogen) atoms. The Kier molecular flexibility index (Phi) is 8.41. The van der Waals surface area contributed by atoms with E-state index in [1.54, 1.807) is 0 Å². The monoisotopic (exact) mass is 439 g/mol. The van der Waals surface area contributed by atoms with Gasteiger partial charge in [0, 0.05) is 37.3 Å². The Bertz CT molecular complexity index is 987. The Morgan fingerprint density at radius 3 is 2.65 bits per heavy atom. The fourth-order valence-corrected chi connectivity index (χ4v) is 4.77. The van der Waals surface area contributed by atoms with E-state index in [2.05, 4.69) is 72.2 Å². The highest BCUT2D eigenvalue weighted by Crippen LogP contribution is 2.35. The van der Waals surface area contributed by atoms with Crippen molar-refractivity contribution in [2.75, 3.05) is 24.0 Å². The van der Waals surface area contributed by atoms with Gasteiger partial charge in [-0.3, -0.25) is 4.79 Å². The van der Waals surface area contributed by atoms with Crippen molar-refractivity contribution in [2.45, 2.75) is 51.6 Å². The molecule has 1 atom stereocenters. The highest BCUT2D eigenvalue weighted by molar-refractivity contribution is 7.98. The van der Waals surface area contributed by atoms with Gasteiger partial charge in [-0.15, -0.1) is 0 Å². The van der Waals surface area contributed by atoms with Gasteiger partial charge in [0.2, 0.25) is 0 Å². The van der Waals surface area contributed by atoms with E-state index in [-0.39, 0.29) is 6.47 Å². The minimum atomic E-state index is -0.250.